The van der Waals surface area contributed by atoms with Gasteiger partial charge in [-0.3, -0.25) is 0 Å². The van der Waals surface area contributed by atoms with Crippen molar-refractivity contribution < 1.29 is 9.90 Å². The number of hydrogen-bond donors (Lipinski definition) is 2. The van der Waals surface area contributed by atoms with Crippen molar-refractivity contribution in [1.29, 1.82) is 0 Å². The molecule has 0 saturated carbocycles. The predicted molar refractivity (Wildman–Crippen MR) is 95.1 cm³/mol. The first-order valence-electron chi connectivity index (χ1n) is 8.43. The Morgan fingerprint density at radius 3 is 2.71 bits per heavy atom. The minimum atomic E-state index is -0.0389. The summed E-state index contributed by atoms with van der Waals surface area (Å²) in [5.41, 5.74) is 3.70. The molecule has 126 valence electrons. The molecule has 2 N–H and O–H groups in total. The van der Waals surface area contributed by atoms with Gasteiger partial charge in [-0.15, -0.1) is 0 Å². The van der Waals surface area contributed by atoms with Gasteiger partial charge in [0.15, 0.2) is 0 Å². The van der Waals surface area contributed by atoms with Crippen molar-refractivity contribution in [3.63, 3.8) is 0 Å². The predicted octanol–water partition coefficient (Wildman–Crippen LogP) is 3.65. The van der Waals surface area contributed by atoms with Crippen molar-refractivity contribution in [1.82, 2.24) is 10.2 Å². The number of aromatic hydroxyl groups is 1. The number of nitrogens with zero attached hydrogens (tertiary/aromatic N) is 1. The molecule has 1 aliphatic carbocycles. The molecule has 2 aromatic carbocycles. The summed E-state index contributed by atoms with van der Waals surface area (Å²) in [4.78, 5) is 14.4. The van der Waals surface area contributed by atoms with Crippen molar-refractivity contribution in [2.45, 2.75) is 38.3 Å². The summed E-state index contributed by atoms with van der Waals surface area (Å²) in [7, 11) is 1.87. The van der Waals surface area contributed by atoms with Crippen LogP contribution in [0.1, 0.15) is 36.1 Å². The number of amides is 2. The summed E-state index contributed by atoms with van der Waals surface area (Å²) in [5, 5.41) is 12.4. The summed E-state index contributed by atoms with van der Waals surface area (Å²) in [5.74, 6) is 0.259. The molecule has 2 aromatic rings. The van der Waals surface area contributed by atoms with E-state index in [2.05, 4.69) is 23.5 Å². The van der Waals surface area contributed by atoms with Gasteiger partial charge in [0.1, 0.15) is 5.75 Å². The van der Waals surface area contributed by atoms with E-state index in [0.29, 0.717) is 0 Å². The molecule has 0 aliphatic heterocycles. The molecule has 2 amide bonds. The molecule has 0 radical (unpaired) electrons. The van der Waals surface area contributed by atoms with Gasteiger partial charge in [0.25, 0.3) is 0 Å². The van der Waals surface area contributed by atoms with Crippen LogP contribution < -0.4 is 5.32 Å². The first kappa shape index (κ1) is 16.4. The van der Waals surface area contributed by atoms with E-state index in [1.807, 2.05) is 37.1 Å². The molecule has 2 atom stereocenters. The Labute approximate surface area is 143 Å². The van der Waals surface area contributed by atoms with Crippen molar-refractivity contribution in [2.24, 2.45) is 0 Å². The molecule has 0 bridgehead atoms. The van der Waals surface area contributed by atoms with Gasteiger partial charge >= 0.3 is 6.03 Å². The zero-order valence-electron chi connectivity index (χ0n) is 14.2. The van der Waals surface area contributed by atoms with Crippen LogP contribution >= 0.6 is 0 Å². The van der Waals surface area contributed by atoms with E-state index in [9.17, 15) is 9.90 Å². The zero-order chi connectivity index (χ0) is 17.1. The van der Waals surface area contributed by atoms with Crippen molar-refractivity contribution in [3.05, 3.63) is 65.2 Å². The lowest BCUT2D eigenvalue weighted by molar-refractivity contribution is 0.187. The third kappa shape index (κ3) is 3.53. The van der Waals surface area contributed by atoms with E-state index >= 15 is 0 Å². The second kappa shape index (κ2) is 6.95. The van der Waals surface area contributed by atoms with E-state index in [1.165, 1.54) is 11.1 Å². The molecule has 0 spiro atoms. The third-order valence-electron chi connectivity index (χ3n) is 4.74. The second-order valence-corrected chi connectivity index (χ2v) is 6.59. The van der Waals surface area contributed by atoms with Crippen LogP contribution in [0.2, 0.25) is 0 Å². The molecular weight excluding hydrogens is 300 g/mol. The number of aryl methyl sites for hydroxylation is 1. The molecule has 0 fully saturated rings. The van der Waals surface area contributed by atoms with Crippen molar-refractivity contribution >= 4 is 6.03 Å². The largest absolute Gasteiger partial charge is 0.508 e. The molecule has 0 aromatic heterocycles. The number of carbonyl (C=O) groups is 1. The Hall–Kier alpha value is -2.49. The number of urea groups is 1. The summed E-state index contributed by atoms with van der Waals surface area (Å²) in [6, 6.07) is 15.6. The van der Waals surface area contributed by atoms with Crippen LogP contribution in [-0.4, -0.2) is 29.1 Å². The zero-order valence-corrected chi connectivity index (χ0v) is 14.2. The molecule has 4 nitrogen and oxygen atoms in total. The van der Waals surface area contributed by atoms with Gasteiger partial charge in [0, 0.05) is 13.1 Å². The highest BCUT2D eigenvalue weighted by atomic mass is 16.3. The monoisotopic (exact) mass is 324 g/mol. The van der Waals surface area contributed by atoms with Crippen LogP contribution in [-0.2, 0) is 12.8 Å². The minimum Gasteiger partial charge on any atom is -0.508 e. The minimum absolute atomic E-state index is 0.0288. The van der Waals surface area contributed by atoms with Crippen LogP contribution in [0.25, 0.3) is 0 Å². The molecule has 1 aliphatic rings. The lowest BCUT2D eigenvalue weighted by atomic mass is 10.1. The first-order chi connectivity index (χ1) is 11.5. The Balaban J connectivity index is 1.59. The highest BCUT2D eigenvalue weighted by molar-refractivity contribution is 5.75. The number of rotatable bonds is 4. The van der Waals surface area contributed by atoms with Gasteiger partial charge in [-0.2, -0.15) is 0 Å². The summed E-state index contributed by atoms with van der Waals surface area (Å²) >= 11 is 0. The highest BCUT2D eigenvalue weighted by Crippen LogP contribution is 2.34. The number of hydrogen-bond acceptors (Lipinski definition) is 2. The van der Waals surface area contributed by atoms with Gasteiger partial charge in [0.05, 0.1) is 6.04 Å². The Morgan fingerprint density at radius 1 is 1.25 bits per heavy atom. The summed E-state index contributed by atoms with van der Waals surface area (Å²) in [6.07, 6.45) is 2.75. The molecular formula is C20H24N2O2. The fourth-order valence-corrected chi connectivity index (χ4v) is 3.43. The lowest BCUT2D eigenvalue weighted by Crippen LogP contribution is -2.43. The number of nitrogens with one attached hydrogen (secondary N) is 1. The summed E-state index contributed by atoms with van der Waals surface area (Å²) < 4.78 is 0. The van der Waals surface area contributed by atoms with E-state index < -0.39 is 0 Å². The third-order valence-corrected chi connectivity index (χ3v) is 4.74. The maximum atomic E-state index is 12.6. The first-order valence-corrected chi connectivity index (χ1v) is 8.43. The van der Waals surface area contributed by atoms with E-state index in [0.717, 1.165) is 24.8 Å². The molecule has 24 heavy (non-hydrogen) atoms. The van der Waals surface area contributed by atoms with Gasteiger partial charge in [0.2, 0.25) is 0 Å². The quantitative estimate of drug-likeness (QED) is 0.902. The van der Waals surface area contributed by atoms with E-state index in [4.69, 9.17) is 0 Å². The van der Waals surface area contributed by atoms with E-state index in [1.54, 1.807) is 12.1 Å². The Bertz CT molecular complexity index is 712. The van der Waals surface area contributed by atoms with Crippen molar-refractivity contribution in [2.75, 3.05) is 7.05 Å². The topological polar surface area (TPSA) is 52.6 Å². The highest BCUT2D eigenvalue weighted by Gasteiger charge is 2.28. The second-order valence-electron chi connectivity index (χ2n) is 6.59. The lowest BCUT2D eigenvalue weighted by Gasteiger charge is -2.27. The van der Waals surface area contributed by atoms with Crippen molar-refractivity contribution in [3.8, 4) is 5.75 Å². The van der Waals surface area contributed by atoms with Crippen LogP contribution in [0.4, 0.5) is 4.79 Å². The fourth-order valence-electron chi connectivity index (χ4n) is 3.43. The molecule has 0 heterocycles. The van der Waals surface area contributed by atoms with Crippen LogP contribution in [0.3, 0.4) is 0 Å². The van der Waals surface area contributed by atoms with Crippen LogP contribution in [0.15, 0.2) is 48.5 Å². The normalized spacial score (nSPS) is 17.2. The number of phenolic OH excluding ortho intramolecular Hbond substituents is 1. The number of benzene rings is 2. The van der Waals surface area contributed by atoms with Gasteiger partial charge in [-0.1, -0.05) is 36.4 Å². The van der Waals surface area contributed by atoms with Gasteiger partial charge in [-0.05, 0) is 55.0 Å². The molecule has 4 heteroatoms. The average Bonchev–Trinajstić information content (AvgIpc) is 3.00. The van der Waals surface area contributed by atoms with Crippen LogP contribution in [0, 0.1) is 0 Å². The Morgan fingerprint density at radius 2 is 1.96 bits per heavy atom. The molecule has 2 unspecified atom stereocenters. The molecule has 0 saturated heterocycles. The maximum absolute atomic E-state index is 12.6. The van der Waals surface area contributed by atoms with Gasteiger partial charge in [-0.25, -0.2) is 4.79 Å². The maximum Gasteiger partial charge on any atom is 0.317 e. The molecule has 3 rings (SSSR count). The van der Waals surface area contributed by atoms with Crippen LogP contribution in [0.5, 0.6) is 5.75 Å². The number of phenols is 1. The fraction of sp³-hybridized carbons (Fsp3) is 0.350. The smallest absolute Gasteiger partial charge is 0.317 e. The van der Waals surface area contributed by atoms with E-state index in [-0.39, 0.29) is 23.9 Å². The number of carbonyl (C=O) groups excluding carboxylic acids is 1. The number of fused-ring (bicyclic) bond motifs is 1. The SMILES string of the molecule is CC(Cc1ccc(O)cc1)NC(=O)N(C)C1CCc2ccccc21. The average molecular weight is 324 g/mol. The van der Waals surface area contributed by atoms with Gasteiger partial charge < -0.3 is 15.3 Å². The standard InChI is InChI=1S/C20H24N2O2/c1-14(13-15-7-10-17(23)11-8-15)21-20(24)22(2)19-12-9-16-5-3-4-6-18(16)19/h3-8,10-11,14,19,23H,9,12-13H2,1-2H3,(H,21,24). The Kier molecular flexibility index (Phi) is 4.74. The summed E-state index contributed by atoms with van der Waals surface area (Å²) in [6.45, 7) is 2.00.